The SMILES string of the molecule is CC(=O)N1CCN(c2nc(C)c3ccc(=O)n(-c4ccc(C(N)=O)cc4)c3n2)CC1. The third-order valence-corrected chi connectivity index (χ3v) is 5.35. The van der Waals surface area contributed by atoms with Crippen molar-refractivity contribution in [2.75, 3.05) is 31.1 Å². The number of fused-ring (bicyclic) bond motifs is 1. The normalized spacial score (nSPS) is 14.2. The van der Waals surface area contributed by atoms with Crippen molar-refractivity contribution in [1.29, 1.82) is 0 Å². The molecule has 1 aliphatic heterocycles. The van der Waals surface area contributed by atoms with Gasteiger partial charge in [0.15, 0.2) is 5.65 Å². The number of nitrogens with two attached hydrogens (primary N) is 1. The second-order valence-electron chi connectivity index (χ2n) is 7.26. The fraction of sp³-hybridized carbons (Fsp3) is 0.286. The van der Waals surface area contributed by atoms with Crippen molar-refractivity contribution in [2.24, 2.45) is 5.73 Å². The summed E-state index contributed by atoms with van der Waals surface area (Å²) in [6, 6.07) is 9.70. The topological polar surface area (TPSA) is 114 Å². The Kier molecular flexibility index (Phi) is 4.94. The van der Waals surface area contributed by atoms with Crippen LogP contribution in [0.2, 0.25) is 0 Å². The average molecular weight is 406 g/mol. The first kappa shape index (κ1) is 19.6. The third kappa shape index (κ3) is 3.49. The molecule has 0 unspecified atom stereocenters. The Morgan fingerprint density at radius 3 is 2.23 bits per heavy atom. The molecule has 0 aliphatic carbocycles. The molecule has 4 rings (SSSR count). The molecule has 3 aromatic rings. The summed E-state index contributed by atoms with van der Waals surface area (Å²) in [7, 11) is 0. The molecule has 0 atom stereocenters. The highest BCUT2D eigenvalue weighted by Gasteiger charge is 2.22. The maximum Gasteiger partial charge on any atom is 0.256 e. The summed E-state index contributed by atoms with van der Waals surface area (Å²) >= 11 is 0. The van der Waals surface area contributed by atoms with E-state index in [2.05, 4.69) is 4.98 Å². The summed E-state index contributed by atoms with van der Waals surface area (Å²) in [5, 5.41) is 0.764. The summed E-state index contributed by atoms with van der Waals surface area (Å²) in [6.07, 6.45) is 0. The quantitative estimate of drug-likeness (QED) is 0.690. The Hall–Kier alpha value is -3.75. The lowest BCUT2D eigenvalue weighted by atomic mass is 10.2. The molecular formula is C21H22N6O3. The summed E-state index contributed by atoms with van der Waals surface area (Å²) in [5.74, 6) is 0.0480. The number of piperazine rings is 1. The molecule has 0 bridgehead atoms. The number of pyridine rings is 1. The van der Waals surface area contributed by atoms with Crippen LogP contribution in [0.4, 0.5) is 5.95 Å². The van der Waals surface area contributed by atoms with Gasteiger partial charge in [-0.3, -0.25) is 19.0 Å². The van der Waals surface area contributed by atoms with Crippen LogP contribution in [0.5, 0.6) is 0 Å². The Labute approximate surface area is 172 Å². The van der Waals surface area contributed by atoms with Crippen LogP contribution in [-0.4, -0.2) is 57.4 Å². The van der Waals surface area contributed by atoms with E-state index in [1.807, 2.05) is 11.8 Å². The van der Waals surface area contributed by atoms with Gasteiger partial charge in [0.25, 0.3) is 5.56 Å². The van der Waals surface area contributed by atoms with Crippen LogP contribution < -0.4 is 16.2 Å². The fourth-order valence-electron chi connectivity index (χ4n) is 3.64. The van der Waals surface area contributed by atoms with Crippen LogP contribution in [0, 0.1) is 6.92 Å². The number of primary amides is 1. The molecule has 1 saturated heterocycles. The fourth-order valence-corrected chi connectivity index (χ4v) is 3.64. The van der Waals surface area contributed by atoms with Crippen molar-refractivity contribution < 1.29 is 9.59 Å². The van der Waals surface area contributed by atoms with Gasteiger partial charge in [-0.1, -0.05) is 0 Å². The predicted molar refractivity (Wildman–Crippen MR) is 113 cm³/mol. The molecule has 1 aromatic carbocycles. The van der Waals surface area contributed by atoms with Gasteiger partial charge in [-0.2, -0.15) is 4.98 Å². The standard InChI is InChI=1S/C21H22N6O3/c1-13-17-7-8-18(29)27(16-5-3-15(4-6-16)19(22)30)20(17)24-21(23-13)26-11-9-25(10-12-26)14(2)28/h3-8H,9-12H2,1-2H3,(H2,22,30). The molecule has 3 heterocycles. The number of aryl methyl sites for hydroxylation is 1. The Morgan fingerprint density at radius 1 is 0.967 bits per heavy atom. The highest BCUT2D eigenvalue weighted by Crippen LogP contribution is 2.21. The Bertz CT molecular complexity index is 1190. The predicted octanol–water partition coefficient (Wildman–Crippen LogP) is 0.857. The molecule has 0 radical (unpaired) electrons. The van der Waals surface area contributed by atoms with E-state index in [-0.39, 0.29) is 11.5 Å². The number of anilines is 1. The van der Waals surface area contributed by atoms with Gasteiger partial charge >= 0.3 is 0 Å². The molecule has 1 aliphatic rings. The van der Waals surface area contributed by atoms with Crippen LogP contribution in [0.1, 0.15) is 23.0 Å². The van der Waals surface area contributed by atoms with Gasteiger partial charge < -0.3 is 15.5 Å². The van der Waals surface area contributed by atoms with Crippen molar-refractivity contribution in [1.82, 2.24) is 19.4 Å². The second-order valence-corrected chi connectivity index (χ2v) is 7.26. The number of aromatic nitrogens is 3. The van der Waals surface area contributed by atoms with Crippen LogP contribution >= 0.6 is 0 Å². The summed E-state index contributed by atoms with van der Waals surface area (Å²) in [4.78, 5) is 48.8. The van der Waals surface area contributed by atoms with Gasteiger partial charge in [-0.15, -0.1) is 0 Å². The van der Waals surface area contributed by atoms with Crippen molar-refractivity contribution >= 4 is 28.8 Å². The molecule has 1 fully saturated rings. The lowest BCUT2D eigenvalue weighted by Crippen LogP contribution is -2.48. The lowest BCUT2D eigenvalue weighted by molar-refractivity contribution is -0.129. The number of nitrogens with zero attached hydrogens (tertiary/aromatic N) is 5. The van der Waals surface area contributed by atoms with Crippen LogP contribution in [0.25, 0.3) is 16.7 Å². The van der Waals surface area contributed by atoms with Crippen LogP contribution in [0.15, 0.2) is 41.2 Å². The largest absolute Gasteiger partial charge is 0.366 e. The highest BCUT2D eigenvalue weighted by molar-refractivity contribution is 5.93. The Morgan fingerprint density at radius 2 is 1.63 bits per heavy atom. The molecule has 154 valence electrons. The zero-order valence-corrected chi connectivity index (χ0v) is 16.8. The van der Waals surface area contributed by atoms with Crippen molar-refractivity contribution in [2.45, 2.75) is 13.8 Å². The van der Waals surface area contributed by atoms with E-state index in [9.17, 15) is 14.4 Å². The zero-order chi connectivity index (χ0) is 21.4. The second kappa shape index (κ2) is 7.58. The summed E-state index contributed by atoms with van der Waals surface area (Å²) in [5.41, 5.74) is 7.27. The van der Waals surface area contributed by atoms with Crippen LogP contribution in [-0.2, 0) is 4.79 Å². The Balaban J connectivity index is 1.80. The van der Waals surface area contributed by atoms with Gasteiger partial charge in [-0.25, -0.2) is 4.98 Å². The van der Waals surface area contributed by atoms with Gasteiger partial charge in [0, 0.05) is 50.1 Å². The van der Waals surface area contributed by atoms with Gasteiger partial charge in [0.1, 0.15) is 0 Å². The van der Waals surface area contributed by atoms with Crippen molar-refractivity contribution in [3.63, 3.8) is 0 Å². The van der Waals surface area contributed by atoms with E-state index in [0.29, 0.717) is 49.0 Å². The number of hydrogen-bond donors (Lipinski definition) is 1. The molecule has 0 saturated carbocycles. The smallest absolute Gasteiger partial charge is 0.256 e. The first-order chi connectivity index (χ1) is 14.3. The number of amides is 2. The minimum atomic E-state index is -0.531. The zero-order valence-electron chi connectivity index (χ0n) is 16.8. The number of carbonyl (C=O) groups excluding carboxylic acids is 2. The summed E-state index contributed by atoms with van der Waals surface area (Å²) in [6.45, 7) is 5.89. The molecule has 9 heteroatoms. The molecule has 2 aromatic heterocycles. The van der Waals surface area contributed by atoms with E-state index in [1.54, 1.807) is 42.2 Å². The maximum atomic E-state index is 12.7. The average Bonchev–Trinajstić information content (AvgIpc) is 2.73. The number of benzene rings is 1. The first-order valence-electron chi connectivity index (χ1n) is 9.66. The molecule has 9 nitrogen and oxygen atoms in total. The van der Waals surface area contributed by atoms with Crippen molar-refractivity contribution in [3.8, 4) is 5.69 Å². The van der Waals surface area contributed by atoms with Gasteiger partial charge in [-0.05, 0) is 37.3 Å². The highest BCUT2D eigenvalue weighted by atomic mass is 16.2. The van der Waals surface area contributed by atoms with E-state index in [1.165, 1.54) is 10.6 Å². The van der Waals surface area contributed by atoms with Crippen molar-refractivity contribution in [3.05, 3.63) is 58.0 Å². The van der Waals surface area contributed by atoms with E-state index in [4.69, 9.17) is 10.7 Å². The van der Waals surface area contributed by atoms with E-state index >= 15 is 0 Å². The number of rotatable bonds is 3. The minimum Gasteiger partial charge on any atom is -0.366 e. The monoisotopic (exact) mass is 406 g/mol. The maximum absolute atomic E-state index is 12.7. The van der Waals surface area contributed by atoms with E-state index < -0.39 is 5.91 Å². The van der Waals surface area contributed by atoms with E-state index in [0.717, 1.165) is 11.1 Å². The number of carbonyl (C=O) groups is 2. The first-order valence-corrected chi connectivity index (χ1v) is 9.66. The third-order valence-electron chi connectivity index (χ3n) is 5.35. The van der Waals surface area contributed by atoms with Gasteiger partial charge in [0.2, 0.25) is 17.8 Å². The molecule has 2 N–H and O–H groups in total. The number of hydrogen-bond acceptors (Lipinski definition) is 6. The molecule has 30 heavy (non-hydrogen) atoms. The minimum absolute atomic E-state index is 0.0542. The molecule has 0 spiro atoms. The van der Waals surface area contributed by atoms with Crippen LogP contribution in [0.3, 0.4) is 0 Å². The summed E-state index contributed by atoms with van der Waals surface area (Å²) < 4.78 is 1.50. The molecular weight excluding hydrogens is 384 g/mol. The lowest BCUT2D eigenvalue weighted by Gasteiger charge is -2.34. The van der Waals surface area contributed by atoms with Gasteiger partial charge in [0.05, 0.1) is 11.4 Å². The molecule has 2 amide bonds.